The average molecular weight is 691 g/mol. The first kappa shape index (κ1) is 36.3. The van der Waals surface area contributed by atoms with E-state index in [0.29, 0.717) is 30.2 Å². The van der Waals surface area contributed by atoms with Crippen molar-refractivity contribution >= 4 is 44.7 Å². The summed E-state index contributed by atoms with van der Waals surface area (Å²) in [6, 6.07) is 12.2. The minimum atomic E-state index is -3.73. The molecule has 2 heterocycles. The van der Waals surface area contributed by atoms with Crippen LogP contribution in [0.1, 0.15) is 50.4 Å². The SMILES string of the molecule is C[C@@H]1CN([C@H](C)CO)C(=O)c2cc(NC(=O)Nc3ccc(F)cc3)ccc2O[C@@H](C)CCCCO[C@H]1CN(C)S(=O)(=O)c1cccs1. The molecule has 4 atom stereocenters. The van der Waals surface area contributed by atoms with Crippen molar-refractivity contribution in [1.82, 2.24) is 9.21 Å². The van der Waals surface area contributed by atoms with Crippen LogP contribution in [0.15, 0.2) is 64.2 Å². The van der Waals surface area contributed by atoms with Crippen LogP contribution in [0.25, 0.3) is 0 Å². The lowest BCUT2D eigenvalue weighted by atomic mass is 10.0. The molecular formula is C33H43FN4O7S2. The normalized spacial score (nSPS) is 20.5. The molecule has 0 saturated carbocycles. The summed E-state index contributed by atoms with van der Waals surface area (Å²) in [5.74, 6) is -0.859. The summed E-state index contributed by atoms with van der Waals surface area (Å²) in [5, 5.41) is 17.2. The molecule has 3 N–H and O–H groups in total. The molecular weight excluding hydrogens is 648 g/mol. The highest BCUT2D eigenvalue weighted by atomic mass is 32.2. The Morgan fingerprint density at radius 3 is 2.51 bits per heavy atom. The second-order valence-electron chi connectivity index (χ2n) is 11.8. The quantitative estimate of drug-likeness (QED) is 0.278. The van der Waals surface area contributed by atoms with Crippen molar-refractivity contribution in [3.63, 3.8) is 0 Å². The van der Waals surface area contributed by atoms with E-state index >= 15 is 0 Å². The number of ether oxygens (including phenoxy) is 2. The van der Waals surface area contributed by atoms with Crippen molar-refractivity contribution in [2.45, 2.75) is 62.5 Å². The number of fused-ring (bicyclic) bond motifs is 1. The number of aliphatic hydroxyl groups is 1. The molecule has 1 aliphatic rings. The highest BCUT2D eigenvalue weighted by Gasteiger charge is 2.32. The highest BCUT2D eigenvalue weighted by molar-refractivity contribution is 7.91. The predicted octanol–water partition coefficient (Wildman–Crippen LogP) is 5.65. The number of anilines is 2. The van der Waals surface area contributed by atoms with Crippen LogP contribution in [0.3, 0.4) is 0 Å². The summed E-state index contributed by atoms with van der Waals surface area (Å²) in [6.45, 7) is 5.83. The van der Waals surface area contributed by atoms with Crippen molar-refractivity contribution in [2.24, 2.45) is 5.92 Å². The van der Waals surface area contributed by atoms with Gasteiger partial charge in [0.2, 0.25) is 0 Å². The largest absolute Gasteiger partial charge is 0.490 e. The van der Waals surface area contributed by atoms with Crippen LogP contribution in [0.4, 0.5) is 20.6 Å². The highest BCUT2D eigenvalue weighted by Crippen LogP contribution is 2.29. The van der Waals surface area contributed by atoms with Crippen LogP contribution in [-0.4, -0.2) is 86.3 Å². The van der Waals surface area contributed by atoms with Crippen molar-refractivity contribution in [2.75, 3.05) is 44.0 Å². The Labute approximate surface area is 279 Å². The number of carbonyl (C=O) groups excluding carboxylic acids is 2. The first-order valence-electron chi connectivity index (χ1n) is 15.6. The maximum absolute atomic E-state index is 14.3. The number of nitrogens with zero attached hydrogens (tertiary/aromatic N) is 2. The number of benzene rings is 2. The molecule has 4 rings (SSSR count). The van der Waals surface area contributed by atoms with Gasteiger partial charge in [-0.25, -0.2) is 17.6 Å². The fraction of sp³-hybridized carbons (Fsp3) is 0.455. The van der Waals surface area contributed by atoms with Gasteiger partial charge in [-0.05, 0) is 87.0 Å². The Balaban J connectivity index is 1.62. The van der Waals surface area contributed by atoms with Gasteiger partial charge in [0.05, 0.1) is 30.4 Å². The molecule has 2 aromatic carbocycles. The van der Waals surface area contributed by atoms with Crippen molar-refractivity contribution in [1.29, 1.82) is 0 Å². The standard InChI is InChI=1S/C33H43FN4O7S2/c1-22-19-38(23(2)21-39)32(40)28-18-27(36-33(41)35-26-12-10-25(34)11-13-26)14-15-29(28)45-24(3)8-5-6-16-44-30(22)20-37(4)47(42,43)31-9-7-17-46-31/h7,9-15,17-18,22-24,30,39H,5-6,8,16,19-21H2,1-4H3,(H2,35,36,41)/t22-,23-,24+,30+/m1/s1. The molecule has 11 nitrogen and oxygen atoms in total. The lowest BCUT2D eigenvalue weighted by molar-refractivity contribution is -0.00832. The third-order valence-corrected chi connectivity index (χ3v) is 11.2. The summed E-state index contributed by atoms with van der Waals surface area (Å²) in [5.41, 5.74) is 0.897. The maximum Gasteiger partial charge on any atom is 0.323 e. The van der Waals surface area contributed by atoms with E-state index in [9.17, 15) is 27.5 Å². The number of sulfonamides is 1. The van der Waals surface area contributed by atoms with Crippen molar-refractivity contribution < 1.29 is 37.0 Å². The van der Waals surface area contributed by atoms with Crippen LogP contribution < -0.4 is 15.4 Å². The summed E-state index contributed by atoms with van der Waals surface area (Å²) in [4.78, 5) is 28.6. The third kappa shape index (κ3) is 9.73. The first-order chi connectivity index (χ1) is 22.4. The minimum Gasteiger partial charge on any atom is -0.490 e. The third-order valence-electron chi connectivity index (χ3n) is 8.01. The summed E-state index contributed by atoms with van der Waals surface area (Å²) in [7, 11) is -2.21. The van der Waals surface area contributed by atoms with Crippen molar-refractivity contribution in [3.8, 4) is 5.75 Å². The number of nitrogens with one attached hydrogen (secondary N) is 2. The summed E-state index contributed by atoms with van der Waals surface area (Å²) in [6.07, 6.45) is 1.40. The van der Waals surface area contributed by atoms with Gasteiger partial charge < -0.3 is 30.1 Å². The molecule has 0 bridgehead atoms. The number of rotatable bonds is 8. The number of aliphatic hydroxyl groups excluding tert-OH is 1. The molecule has 0 spiro atoms. The number of amides is 3. The smallest absolute Gasteiger partial charge is 0.323 e. The number of likely N-dealkylation sites (N-methyl/N-ethyl adjacent to an activating group) is 1. The number of hydrogen-bond donors (Lipinski definition) is 3. The number of halogens is 1. The molecule has 0 saturated heterocycles. The van der Waals surface area contributed by atoms with Crippen LogP contribution in [-0.2, 0) is 14.8 Å². The monoisotopic (exact) mass is 690 g/mol. The van der Waals surface area contributed by atoms with Gasteiger partial charge in [-0.2, -0.15) is 4.31 Å². The van der Waals surface area contributed by atoms with Gasteiger partial charge in [-0.15, -0.1) is 11.3 Å². The Morgan fingerprint density at radius 1 is 1.13 bits per heavy atom. The van der Waals surface area contributed by atoms with E-state index in [1.54, 1.807) is 36.6 Å². The molecule has 3 amide bonds. The molecule has 0 unspecified atom stereocenters. The molecule has 14 heteroatoms. The lowest BCUT2D eigenvalue weighted by Crippen LogP contribution is -2.48. The predicted molar refractivity (Wildman–Crippen MR) is 180 cm³/mol. The van der Waals surface area contributed by atoms with Gasteiger partial charge in [0.25, 0.3) is 15.9 Å². The molecule has 1 aromatic heterocycles. The van der Waals surface area contributed by atoms with E-state index in [-0.39, 0.29) is 41.5 Å². The van der Waals surface area contributed by atoms with Crippen LogP contribution >= 0.6 is 11.3 Å². The van der Waals surface area contributed by atoms with E-state index in [0.717, 1.165) is 24.2 Å². The second kappa shape index (κ2) is 16.5. The van der Waals surface area contributed by atoms with E-state index in [1.165, 1.54) is 46.6 Å². The molecule has 3 aromatic rings. The fourth-order valence-electron chi connectivity index (χ4n) is 5.20. The van der Waals surface area contributed by atoms with Gasteiger partial charge >= 0.3 is 6.03 Å². The first-order valence-corrected chi connectivity index (χ1v) is 17.9. The zero-order chi connectivity index (χ0) is 34.1. The Morgan fingerprint density at radius 2 is 1.83 bits per heavy atom. The molecule has 0 radical (unpaired) electrons. The zero-order valence-corrected chi connectivity index (χ0v) is 28.7. The van der Waals surface area contributed by atoms with E-state index in [1.807, 2.05) is 13.8 Å². The van der Waals surface area contributed by atoms with E-state index < -0.39 is 39.9 Å². The van der Waals surface area contributed by atoms with Crippen LogP contribution in [0, 0.1) is 11.7 Å². The van der Waals surface area contributed by atoms with Crippen LogP contribution in [0.5, 0.6) is 5.75 Å². The maximum atomic E-state index is 14.3. The van der Waals surface area contributed by atoms with E-state index in [2.05, 4.69) is 10.6 Å². The molecule has 0 aliphatic carbocycles. The second-order valence-corrected chi connectivity index (χ2v) is 15.0. The Kier molecular flexibility index (Phi) is 12.7. The molecule has 1 aliphatic heterocycles. The lowest BCUT2D eigenvalue weighted by Gasteiger charge is -2.35. The number of carbonyl (C=O) groups is 2. The molecule has 256 valence electrons. The van der Waals surface area contributed by atoms with Gasteiger partial charge in [0, 0.05) is 44.0 Å². The van der Waals surface area contributed by atoms with Gasteiger partial charge in [0.15, 0.2) is 0 Å². The molecule has 0 fully saturated rings. The summed E-state index contributed by atoms with van der Waals surface area (Å²) < 4.78 is 53.8. The number of urea groups is 1. The average Bonchev–Trinajstić information content (AvgIpc) is 3.60. The zero-order valence-electron chi connectivity index (χ0n) is 27.0. The minimum absolute atomic E-state index is 0.0737. The Bertz CT molecular complexity index is 1590. The summed E-state index contributed by atoms with van der Waals surface area (Å²) >= 11 is 1.14. The molecule has 47 heavy (non-hydrogen) atoms. The van der Waals surface area contributed by atoms with E-state index in [4.69, 9.17) is 9.47 Å². The topological polar surface area (TPSA) is 138 Å². The number of hydrogen-bond acceptors (Lipinski definition) is 8. The Hall–Kier alpha value is -3.56. The van der Waals surface area contributed by atoms with Crippen molar-refractivity contribution in [3.05, 3.63) is 71.4 Å². The van der Waals surface area contributed by atoms with Gasteiger partial charge in [-0.1, -0.05) is 13.0 Å². The number of thiophene rings is 1. The van der Waals surface area contributed by atoms with Crippen LogP contribution in [0.2, 0.25) is 0 Å². The fourth-order valence-corrected chi connectivity index (χ4v) is 7.59. The van der Waals surface area contributed by atoms with Gasteiger partial charge in [0.1, 0.15) is 15.8 Å². The van der Waals surface area contributed by atoms with Gasteiger partial charge in [-0.3, -0.25) is 4.79 Å².